The van der Waals surface area contributed by atoms with E-state index in [9.17, 15) is 14.4 Å². The molecule has 0 spiro atoms. The van der Waals surface area contributed by atoms with Crippen LogP contribution < -0.4 is 10.6 Å². The van der Waals surface area contributed by atoms with Gasteiger partial charge in [-0.1, -0.05) is 23.2 Å². The third-order valence-electron chi connectivity index (χ3n) is 4.08. The van der Waals surface area contributed by atoms with Gasteiger partial charge in [0.2, 0.25) is 11.8 Å². The lowest BCUT2D eigenvalue weighted by atomic mass is 10.1. The number of carbonyl (C=O) groups is 3. The maximum Gasteiger partial charge on any atom is 0.251 e. The molecule has 0 unspecified atom stereocenters. The van der Waals surface area contributed by atoms with E-state index < -0.39 is 12.1 Å². The van der Waals surface area contributed by atoms with E-state index >= 15 is 0 Å². The number of nitrogens with one attached hydrogen (secondary N) is 2. The van der Waals surface area contributed by atoms with Crippen molar-refractivity contribution in [3.05, 3.63) is 33.8 Å². The summed E-state index contributed by atoms with van der Waals surface area (Å²) in [5.74, 6) is -0.642. The highest BCUT2D eigenvalue weighted by molar-refractivity contribution is 6.35. The van der Waals surface area contributed by atoms with Crippen LogP contribution in [0.3, 0.4) is 0 Å². The Bertz CT molecular complexity index is 674. The SMILES string of the molecule is C[C@H]1NC(=O)[C@@H]2C[C@H](NC(=O)c3cc(Cl)cc(Cl)c3)CN2C1=O. The van der Waals surface area contributed by atoms with Crippen molar-refractivity contribution in [2.24, 2.45) is 0 Å². The van der Waals surface area contributed by atoms with Crippen LogP contribution in [0.4, 0.5) is 0 Å². The zero-order valence-electron chi connectivity index (χ0n) is 12.3. The lowest BCUT2D eigenvalue weighted by Crippen LogP contribution is -2.60. The zero-order valence-corrected chi connectivity index (χ0v) is 13.8. The van der Waals surface area contributed by atoms with Crippen LogP contribution in [-0.4, -0.2) is 47.3 Å². The Kier molecular flexibility index (Phi) is 4.21. The van der Waals surface area contributed by atoms with Gasteiger partial charge < -0.3 is 15.5 Å². The number of benzene rings is 1. The second-order valence-corrected chi connectivity index (χ2v) is 6.67. The number of fused-ring (bicyclic) bond motifs is 1. The number of hydrogen-bond acceptors (Lipinski definition) is 3. The van der Waals surface area contributed by atoms with E-state index in [2.05, 4.69) is 10.6 Å². The summed E-state index contributed by atoms with van der Waals surface area (Å²) in [4.78, 5) is 37.9. The first-order valence-electron chi connectivity index (χ1n) is 7.23. The molecule has 122 valence electrons. The summed E-state index contributed by atoms with van der Waals surface area (Å²) >= 11 is 11.8. The largest absolute Gasteiger partial charge is 0.347 e. The standard InChI is InChI=1S/C15H15Cl2N3O3/c1-7-15(23)20-6-11(5-12(20)14(22)18-7)19-13(21)8-2-9(16)4-10(17)3-8/h2-4,7,11-12H,5-6H2,1H3,(H,18,22)(H,19,21)/t7-,11+,12+/m1/s1. The third-order valence-corrected chi connectivity index (χ3v) is 4.51. The van der Waals surface area contributed by atoms with Gasteiger partial charge in [-0.3, -0.25) is 14.4 Å². The molecule has 1 aromatic rings. The monoisotopic (exact) mass is 355 g/mol. The normalized spacial score (nSPS) is 26.7. The number of halogens is 2. The van der Waals surface area contributed by atoms with Gasteiger partial charge in [0, 0.05) is 28.2 Å². The predicted molar refractivity (Wildman–Crippen MR) is 85.4 cm³/mol. The van der Waals surface area contributed by atoms with E-state index in [1.165, 1.54) is 17.0 Å². The molecule has 0 aromatic heterocycles. The second kappa shape index (κ2) is 6.02. The molecule has 0 aliphatic carbocycles. The topological polar surface area (TPSA) is 78.5 Å². The fourth-order valence-electron chi connectivity index (χ4n) is 3.01. The van der Waals surface area contributed by atoms with Crippen molar-refractivity contribution in [3.63, 3.8) is 0 Å². The quantitative estimate of drug-likeness (QED) is 0.836. The van der Waals surface area contributed by atoms with E-state index in [-0.39, 0.29) is 23.8 Å². The lowest BCUT2D eigenvalue weighted by Gasteiger charge is -2.32. The van der Waals surface area contributed by atoms with Gasteiger partial charge in [-0.05, 0) is 31.5 Å². The molecule has 3 atom stereocenters. The van der Waals surface area contributed by atoms with Gasteiger partial charge in [-0.25, -0.2) is 0 Å². The molecule has 3 rings (SSSR count). The van der Waals surface area contributed by atoms with Crippen molar-refractivity contribution in [1.82, 2.24) is 15.5 Å². The number of piperazine rings is 1. The van der Waals surface area contributed by atoms with Crippen molar-refractivity contribution in [1.29, 1.82) is 0 Å². The lowest BCUT2D eigenvalue weighted by molar-refractivity contribution is -0.146. The highest BCUT2D eigenvalue weighted by Gasteiger charge is 2.45. The zero-order chi connectivity index (χ0) is 16.7. The van der Waals surface area contributed by atoms with Crippen molar-refractivity contribution >= 4 is 40.9 Å². The predicted octanol–water partition coefficient (Wildman–Crippen LogP) is 1.21. The van der Waals surface area contributed by atoms with Crippen LogP contribution in [0.5, 0.6) is 0 Å². The minimum atomic E-state index is -0.528. The van der Waals surface area contributed by atoms with Gasteiger partial charge in [0.15, 0.2) is 0 Å². The summed E-state index contributed by atoms with van der Waals surface area (Å²) in [6.45, 7) is 1.97. The Labute approximate surface area is 143 Å². The molecule has 2 heterocycles. The van der Waals surface area contributed by atoms with Crippen LogP contribution in [0.25, 0.3) is 0 Å². The molecular weight excluding hydrogens is 341 g/mol. The summed E-state index contributed by atoms with van der Waals surface area (Å²) in [6, 6.07) is 3.24. The van der Waals surface area contributed by atoms with Gasteiger partial charge in [0.05, 0.1) is 0 Å². The summed E-state index contributed by atoms with van der Waals surface area (Å²) in [5, 5.41) is 6.22. The summed E-state index contributed by atoms with van der Waals surface area (Å²) in [6.07, 6.45) is 0.393. The average molecular weight is 356 g/mol. The molecule has 8 heteroatoms. The first kappa shape index (κ1) is 16.1. The van der Waals surface area contributed by atoms with E-state index in [4.69, 9.17) is 23.2 Å². The summed E-state index contributed by atoms with van der Waals surface area (Å²) in [5.41, 5.74) is 0.344. The van der Waals surface area contributed by atoms with E-state index in [1.807, 2.05) is 0 Å². The van der Waals surface area contributed by atoms with Crippen LogP contribution in [0.1, 0.15) is 23.7 Å². The molecule has 3 amide bonds. The van der Waals surface area contributed by atoms with Crippen LogP contribution >= 0.6 is 23.2 Å². The maximum atomic E-state index is 12.3. The van der Waals surface area contributed by atoms with Crippen LogP contribution in [0.2, 0.25) is 10.0 Å². The Morgan fingerprint density at radius 1 is 1.26 bits per heavy atom. The van der Waals surface area contributed by atoms with E-state index in [0.717, 1.165) is 0 Å². The third kappa shape index (κ3) is 3.14. The van der Waals surface area contributed by atoms with Gasteiger partial charge in [-0.15, -0.1) is 0 Å². The van der Waals surface area contributed by atoms with Gasteiger partial charge in [-0.2, -0.15) is 0 Å². The first-order chi connectivity index (χ1) is 10.8. The Morgan fingerprint density at radius 3 is 2.57 bits per heavy atom. The number of nitrogens with zero attached hydrogens (tertiary/aromatic N) is 1. The molecular formula is C15H15Cl2N3O3. The van der Waals surface area contributed by atoms with E-state index in [0.29, 0.717) is 28.6 Å². The highest BCUT2D eigenvalue weighted by atomic mass is 35.5. The molecule has 0 radical (unpaired) electrons. The maximum absolute atomic E-state index is 12.3. The Morgan fingerprint density at radius 2 is 1.91 bits per heavy atom. The van der Waals surface area contributed by atoms with Gasteiger partial charge in [0.1, 0.15) is 12.1 Å². The smallest absolute Gasteiger partial charge is 0.251 e. The van der Waals surface area contributed by atoms with Crippen LogP contribution in [0.15, 0.2) is 18.2 Å². The fraction of sp³-hybridized carbons (Fsp3) is 0.400. The van der Waals surface area contributed by atoms with Crippen molar-refractivity contribution in [3.8, 4) is 0 Å². The van der Waals surface area contributed by atoms with Crippen LogP contribution in [-0.2, 0) is 9.59 Å². The average Bonchev–Trinajstić information content (AvgIpc) is 2.88. The number of amides is 3. The van der Waals surface area contributed by atoms with Crippen LogP contribution in [0, 0.1) is 0 Å². The molecule has 0 saturated carbocycles. The fourth-order valence-corrected chi connectivity index (χ4v) is 3.53. The summed E-state index contributed by atoms with van der Waals surface area (Å²) < 4.78 is 0. The molecule has 2 aliphatic rings. The van der Waals surface area contributed by atoms with Gasteiger partial charge >= 0.3 is 0 Å². The molecule has 23 heavy (non-hydrogen) atoms. The van der Waals surface area contributed by atoms with Crippen molar-refractivity contribution in [2.75, 3.05) is 6.54 Å². The molecule has 2 aliphatic heterocycles. The molecule has 2 saturated heterocycles. The van der Waals surface area contributed by atoms with Gasteiger partial charge in [0.25, 0.3) is 5.91 Å². The minimum Gasteiger partial charge on any atom is -0.347 e. The second-order valence-electron chi connectivity index (χ2n) is 5.80. The Hall–Kier alpha value is -1.79. The molecule has 2 fully saturated rings. The molecule has 0 bridgehead atoms. The van der Waals surface area contributed by atoms with E-state index in [1.54, 1.807) is 13.0 Å². The summed E-state index contributed by atoms with van der Waals surface area (Å²) in [7, 11) is 0. The molecule has 1 aromatic carbocycles. The number of hydrogen-bond donors (Lipinski definition) is 2. The Balaban J connectivity index is 1.71. The minimum absolute atomic E-state index is 0.128. The molecule has 2 N–H and O–H groups in total. The molecule has 6 nitrogen and oxygen atoms in total. The first-order valence-corrected chi connectivity index (χ1v) is 7.98. The van der Waals surface area contributed by atoms with Crippen molar-refractivity contribution in [2.45, 2.75) is 31.5 Å². The van der Waals surface area contributed by atoms with Crippen molar-refractivity contribution < 1.29 is 14.4 Å². The number of rotatable bonds is 2. The number of carbonyl (C=O) groups excluding carboxylic acids is 3. The highest BCUT2D eigenvalue weighted by Crippen LogP contribution is 2.24.